The summed E-state index contributed by atoms with van der Waals surface area (Å²) in [4.78, 5) is 13.9. The van der Waals surface area contributed by atoms with Crippen molar-refractivity contribution in [2.45, 2.75) is 24.4 Å². The predicted octanol–water partition coefficient (Wildman–Crippen LogP) is 4.41. The number of thiophene rings is 1. The Morgan fingerprint density at radius 2 is 2.17 bits per heavy atom. The largest absolute Gasteiger partial charge is 0.334 e. The molecule has 0 aliphatic rings. The lowest BCUT2D eigenvalue weighted by molar-refractivity contribution is 0.597. The molecule has 24 heavy (non-hydrogen) atoms. The first kappa shape index (κ1) is 17.0. The van der Waals surface area contributed by atoms with Crippen LogP contribution in [0.15, 0.2) is 51.7 Å². The quantitative estimate of drug-likeness (QED) is 0.644. The first-order valence-electron chi connectivity index (χ1n) is 7.32. The standard InChI is InChI=1S/C16H15ClN4OS2/c1-2-21-15(22)14(18-12-6-3-5-11(17)9-12)19-20-16(21)24-10-13-7-4-8-23-13/h3-9H,2,10H2,1H3,(H,18,19). The normalized spacial score (nSPS) is 10.8. The molecule has 124 valence electrons. The number of halogens is 1. The molecule has 0 aliphatic heterocycles. The molecule has 0 saturated carbocycles. The van der Waals surface area contributed by atoms with Gasteiger partial charge in [0.05, 0.1) is 0 Å². The molecule has 2 aromatic heterocycles. The molecular weight excluding hydrogens is 364 g/mol. The number of aromatic nitrogens is 3. The van der Waals surface area contributed by atoms with Crippen molar-refractivity contribution in [3.05, 3.63) is 62.0 Å². The van der Waals surface area contributed by atoms with Crippen molar-refractivity contribution in [3.8, 4) is 0 Å². The van der Waals surface area contributed by atoms with E-state index in [9.17, 15) is 4.79 Å². The first-order valence-corrected chi connectivity index (χ1v) is 9.57. The van der Waals surface area contributed by atoms with Crippen molar-refractivity contribution in [1.29, 1.82) is 0 Å². The summed E-state index contributed by atoms with van der Waals surface area (Å²) in [5, 5.41) is 14.5. The summed E-state index contributed by atoms with van der Waals surface area (Å²) >= 11 is 9.16. The van der Waals surface area contributed by atoms with E-state index < -0.39 is 0 Å². The maximum Gasteiger partial charge on any atom is 0.297 e. The Morgan fingerprint density at radius 1 is 1.29 bits per heavy atom. The van der Waals surface area contributed by atoms with Gasteiger partial charge in [0.2, 0.25) is 5.82 Å². The molecule has 0 amide bonds. The lowest BCUT2D eigenvalue weighted by Gasteiger charge is -2.11. The van der Waals surface area contributed by atoms with E-state index in [2.05, 4.69) is 21.6 Å². The van der Waals surface area contributed by atoms with Crippen molar-refractivity contribution in [3.63, 3.8) is 0 Å². The summed E-state index contributed by atoms with van der Waals surface area (Å²) in [6.07, 6.45) is 0. The third-order valence-corrected chi connectivity index (χ3v) is 5.55. The molecule has 3 rings (SSSR count). The fourth-order valence-electron chi connectivity index (χ4n) is 2.10. The molecule has 0 saturated heterocycles. The van der Waals surface area contributed by atoms with Crippen LogP contribution in [0.4, 0.5) is 11.5 Å². The molecule has 2 heterocycles. The number of nitrogens with one attached hydrogen (secondary N) is 1. The number of thioether (sulfide) groups is 1. The third kappa shape index (κ3) is 3.98. The minimum atomic E-state index is -0.193. The zero-order valence-electron chi connectivity index (χ0n) is 12.9. The summed E-state index contributed by atoms with van der Waals surface area (Å²) in [7, 11) is 0. The van der Waals surface area contributed by atoms with Gasteiger partial charge in [-0.3, -0.25) is 9.36 Å². The minimum Gasteiger partial charge on any atom is -0.334 e. The van der Waals surface area contributed by atoms with Crippen molar-refractivity contribution in [2.24, 2.45) is 0 Å². The van der Waals surface area contributed by atoms with Crippen LogP contribution in [0.3, 0.4) is 0 Å². The van der Waals surface area contributed by atoms with Gasteiger partial charge in [-0.05, 0) is 36.6 Å². The number of rotatable bonds is 6. The Labute approximate surface area is 152 Å². The molecule has 1 aromatic carbocycles. The van der Waals surface area contributed by atoms with Crippen molar-refractivity contribution in [1.82, 2.24) is 14.8 Å². The van der Waals surface area contributed by atoms with Crippen molar-refractivity contribution in [2.75, 3.05) is 5.32 Å². The third-order valence-electron chi connectivity index (χ3n) is 3.24. The molecular formula is C16H15ClN4OS2. The lowest BCUT2D eigenvalue weighted by atomic mass is 10.3. The molecule has 1 N–H and O–H groups in total. The van der Waals surface area contributed by atoms with Crippen LogP contribution in [0.5, 0.6) is 0 Å². The summed E-state index contributed by atoms with van der Waals surface area (Å²) < 4.78 is 1.62. The fourth-order valence-corrected chi connectivity index (χ4v) is 4.06. The van der Waals surface area contributed by atoms with Crippen LogP contribution in [0.2, 0.25) is 5.02 Å². The Hall–Kier alpha value is -1.83. The van der Waals surface area contributed by atoms with Gasteiger partial charge < -0.3 is 5.32 Å². The van der Waals surface area contributed by atoms with Gasteiger partial charge in [0.25, 0.3) is 5.56 Å². The maximum atomic E-state index is 12.6. The van der Waals surface area contributed by atoms with Gasteiger partial charge in [-0.2, -0.15) is 0 Å². The van der Waals surface area contributed by atoms with Crippen molar-refractivity contribution < 1.29 is 0 Å². The number of hydrogen-bond acceptors (Lipinski definition) is 6. The van der Waals surface area contributed by atoms with Gasteiger partial charge in [0, 0.05) is 27.9 Å². The zero-order chi connectivity index (χ0) is 16.9. The second-order valence-corrected chi connectivity index (χ2v) is 7.30. The summed E-state index contributed by atoms with van der Waals surface area (Å²) in [6.45, 7) is 2.45. The van der Waals surface area contributed by atoms with E-state index in [0.29, 0.717) is 22.4 Å². The van der Waals surface area contributed by atoms with Crippen LogP contribution < -0.4 is 10.9 Å². The van der Waals surface area contributed by atoms with E-state index in [0.717, 1.165) is 5.75 Å². The molecule has 5 nitrogen and oxygen atoms in total. The van der Waals surface area contributed by atoms with Gasteiger partial charge in [0.15, 0.2) is 5.16 Å². The molecule has 0 unspecified atom stereocenters. The van der Waals surface area contributed by atoms with E-state index >= 15 is 0 Å². The van der Waals surface area contributed by atoms with E-state index in [1.165, 1.54) is 16.6 Å². The van der Waals surface area contributed by atoms with Gasteiger partial charge in [-0.25, -0.2) is 0 Å². The molecule has 0 spiro atoms. The van der Waals surface area contributed by atoms with Crippen LogP contribution >= 0.6 is 34.7 Å². The first-order chi connectivity index (χ1) is 11.7. The average molecular weight is 379 g/mol. The highest BCUT2D eigenvalue weighted by atomic mass is 35.5. The number of hydrogen-bond donors (Lipinski definition) is 1. The molecule has 0 fully saturated rings. The van der Waals surface area contributed by atoms with Crippen LogP contribution in [0.25, 0.3) is 0 Å². The zero-order valence-corrected chi connectivity index (χ0v) is 15.3. The van der Waals surface area contributed by atoms with Gasteiger partial charge >= 0.3 is 0 Å². The topological polar surface area (TPSA) is 59.8 Å². The average Bonchev–Trinajstić information content (AvgIpc) is 3.09. The van der Waals surface area contributed by atoms with Crippen LogP contribution in [0.1, 0.15) is 11.8 Å². The highest BCUT2D eigenvalue weighted by Crippen LogP contribution is 2.23. The van der Waals surface area contributed by atoms with Crippen molar-refractivity contribution >= 4 is 46.2 Å². The smallest absolute Gasteiger partial charge is 0.297 e. The predicted molar refractivity (Wildman–Crippen MR) is 101 cm³/mol. The SMILES string of the molecule is CCn1c(SCc2cccs2)nnc(Nc2cccc(Cl)c2)c1=O. The second-order valence-electron chi connectivity index (χ2n) is 4.88. The number of benzene rings is 1. The molecule has 0 aliphatic carbocycles. The molecule has 0 atom stereocenters. The Morgan fingerprint density at radius 3 is 2.88 bits per heavy atom. The molecule has 0 radical (unpaired) electrons. The number of anilines is 2. The highest BCUT2D eigenvalue weighted by molar-refractivity contribution is 7.98. The van der Waals surface area contributed by atoms with E-state index in [4.69, 9.17) is 11.6 Å². The molecule has 3 aromatic rings. The van der Waals surface area contributed by atoms with Crippen LogP contribution in [-0.2, 0) is 12.3 Å². The van der Waals surface area contributed by atoms with Crippen LogP contribution in [-0.4, -0.2) is 14.8 Å². The summed E-state index contributed by atoms with van der Waals surface area (Å²) in [5.74, 6) is 0.965. The lowest BCUT2D eigenvalue weighted by Crippen LogP contribution is -2.26. The maximum absolute atomic E-state index is 12.6. The Bertz CT molecular complexity index is 880. The summed E-state index contributed by atoms with van der Waals surface area (Å²) in [6, 6.07) is 11.2. The van der Waals surface area contributed by atoms with Gasteiger partial charge in [-0.15, -0.1) is 21.5 Å². The van der Waals surface area contributed by atoms with E-state index in [1.54, 1.807) is 28.0 Å². The van der Waals surface area contributed by atoms with Gasteiger partial charge in [0.1, 0.15) is 0 Å². The van der Waals surface area contributed by atoms with Gasteiger partial charge in [-0.1, -0.05) is 35.5 Å². The molecule has 8 heteroatoms. The molecule has 0 bridgehead atoms. The Kier molecular flexibility index (Phi) is 5.55. The second kappa shape index (κ2) is 7.83. The summed E-state index contributed by atoms with van der Waals surface area (Å²) in [5.41, 5.74) is 0.511. The number of nitrogens with zero attached hydrogens (tertiary/aromatic N) is 3. The fraction of sp³-hybridized carbons (Fsp3) is 0.188. The monoisotopic (exact) mass is 378 g/mol. The van der Waals surface area contributed by atoms with Crippen LogP contribution in [0, 0.1) is 0 Å². The van der Waals surface area contributed by atoms with E-state index in [1.807, 2.05) is 30.5 Å². The minimum absolute atomic E-state index is 0.193. The Balaban J connectivity index is 1.83. The highest BCUT2D eigenvalue weighted by Gasteiger charge is 2.12. The van der Waals surface area contributed by atoms with E-state index in [-0.39, 0.29) is 11.4 Å².